The average molecular weight is 207 g/mol. The summed E-state index contributed by atoms with van der Waals surface area (Å²) in [7, 11) is 0. The minimum absolute atomic E-state index is 0.0888. The van der Waals surface area contributed by atoms with E-state index in [-0.39, 0.29) is 11.9 Å². The molecule has 0 aromatic carbocycles. The molecule has 82 valence electrons. The minimum Gasteiger partial charge on any atom is -0.370 e. The van der Waals surface area contributed by atoms with Crippen LogP contribution in [0.2, 0.25) is 0 Å². The summed E-state index contributed by atoms with van der Waals surface area (Å²) >= 11 is 0. The van der Waals surface area contributed by atoms with Gasteiger partial charge in [-0.1, -0.05) is 0 Å². The Kier molecular flexibility index (Phi) is 4.09. The molecule has 2 N–H and O–H groups in total. The van der Waals surface area contributed by atoms with E-state index in [4.69, 9.17) is 0 Å². The lowest BCUT2D eigenvalue weighted by molar-refractivity contribution is 0.0943. The van der Waals surface area contributed by atoms with Gasteiger partial charge in [-0.15, -0.1) is 0 Å². The highest BCUT2D eigenvalue weighted by Gasteiger charge is 2.11. The van der Waals surface area contributed by atoms with Crippen molar-refractivity contribution in [2.24, 2.45) is 0 Å². The van der Waals surface area contributed by atoms with Gasteiger partial charge in [0.1, 0.15) is 5.82 Å². The van der Waals surface area contributed by atoms with Crippen LogP contribution in [0.15, 0.2) is 18.3 Å². The number of nitrogens with zero attached hydrogens (tertiary/aromatic N) is 1. The van der Waals surface area contributed by atoms with Gasteiger partial charge in [-0.2, -0.15) is 0 Å². The van der Waals surface area contributed by atoms with Crippen LogP contribution in [0, 0.1) is 0 Å². The Morgan fingerprint density at radius 1 is 1.53 bits per heavy atom. The summed E-state index contributed by atoms with van der Waals surface area (Å²) in [6.45, 7) is 6.58. The lowest BCUT2D eigenvalue weighted by Gasteiger charge is -2.11. The first-order valence-corrected chi connectivity index (χ1v) is 5.15. The van der Waals surface area contributed by atoms with Crippen LogP contribution in [0.5, 0.6) is 0 Å². The highest BCUT2D eigenvalue weighted by molar-refractivity contribution is 5.98. The minimum atomic E-state index is -0.0888. The second kappa shape index (κ2) is 5.34. The predicted octanol–water partition coefficient (Wildman–Crippen LogP) is 1.65. The summed E-state index contributed by atoms with van der Waals surface area (Å²) in [6, 6.07) is 3.66. The Bertz CT molecular complexity index is 336. The van der Waals surface area contributed by atoms with Crippen LogP contribution in [0.4, 0.5) is 5.82 Å². The van der Waals surface area contributed by atoms with Crippen LogP contribution in [0.3, 0.4) is 0 Å². The maximum atomic E-state index is 11.8. The molecule has 4 nitrogen and oxygen atoms in total. The molecular formula is C11H17N3O. The SMILES string of the molecule is CCNc1ncccc1C(=O)NC(C)C. The van der Waals surface area contributed by atoms with Gasteiger partial charge in [0.15, 0.2) is 0 Å². The van der Waals surface area contributed by atoms with E-state index >= 15 is 0 Å². The number of anilines is 1. The monoisotopic (exact) mass is 207 g/mol. The van der Waals surface area contributed by atoms with Crippen molar-refractivity contribution in [2.45, 2.75) is 26.8 Å². The van der Waals surface area contributed by atoms with Crippen LogP contribution >= 0.6 is 0 Å². The van der Waals surface area contributed by atoms with Crippen LogP contribution in [0.25, 0.3) is 0 Å². The number of carbonyl (C=O) groups excluding carboxylic acids is 1. The Morgan fingerprint density at radius 2 is 2.27 bits per heavy atom. The van der Waals surface area contributed by atoms with Gasteiger partial charge in [0.05, 0.1) is 5.56 Å². The second-order valence-electron chi connectivity index (χ2n) is 3.56. The van der Waals surface area contributed by atoms with Gasteiger partial charge in [0.25, 0.3) is 5.91 Å². The van der Waals surface area contributed by atoms with Gasteiger partial charge in [-0.25, -0.2) is 4.98 Å². The third-order valence-electron chi connectivity index (χ3n) is 1.82. The average Bonchev–Trinajstić information content (AvgIpc) is 2.18. The van der Waals surface area contributed by atoms with Crippen molar-refractivity contribution in [2.75, 3.05) is 11.9 Å². The third kappa shape index (κ3) is 3.23. The van der Waals surface area contributed by atoms with Crippen molar-refractivity contribution in [1.82, 2.24) is 10.3 Å². The molecule has 1 heterocycles. The first-order chi connectivity index (χ1) is 7.15. The Balaban J connectivity index is 2.87. The van der Waals surface area contributed by atoms with Crippen LogP contribution in [0.1, 0.15) is 31.1 Å². The maximum Gasteiger partial charge on any atom is 0.255 e. The standard InChI is InChI=1S/C11H17N3O/c1-4-12-10-9(6-5-7-13-10)11(15)14-8(2)3/h5-8H,4H2,1-3H3,(H,12,13)(H,14,15). The number of nitrogens with one attached hydrogen (secondary N) is 2. The van der Waals surface area contributed by atoms with E-state index in [1.807, 2.05) is 20.8 Å². The zero-order valence-electron chi connectivity index (χ0n) is 9.37. The lowest BCUT2D eigenvalue weighted by atomic mass is 10.2. The fourth-order valence-electron chi connectivity index (χ4n) is 1.24. The Hall–Kier alpha value is -1.58. The van der Waals surface area contributed by atoms with Crippen LogP contribution in [-0.2, 0) is 0 Å². The largest absolute Gasteiger partial charge is 0.370 e. The Labute approximate surface area is 90.1 Å². The van der Waals surface area contributed by atoms with Crippen LogP contribution in [-0.4, -0.2) is 23.5 Å². The van der Waals surface area contributed by atoms with E-state index in [0.717, 1.165) is 6.54 Å². The lowest BCUT2D eigenvalue weighted by Crippen LogP contribution is -2.30. The topological polar surface area (TPSA) is 54.0 Å². The van der Waals surface area contributed by atoms with Gasteiger partial charge >= 0.3 is 0 Å². The van der Waals surface area contributed by atoms with Crippen LogP contribution < -0.4 is 10.6 Å². The highest BCUT2D eigenvalue weighted by atomic mass is 16.1. The normalized spacial score (nSPS) is 10.1. The molecule has 0 aliphatic carbocycles. The molecule has 0 atom stereocenters. The predicted molar refractivity (Wildman–Crippen MR) is 61.0 cm³/mol. The summed E-state index contributed by atoms with van der Waals surface area (Å²) in [5.41, 5.74) is 0.591. The van der Waals surface area contributed by atoms with Crippen molar-refractivity contribution in [3.63, 3.8) is 0 Å². The molecule has 1 aromatic rings. The molecule has 0 radical (unpaired) electrons. The van der Waals surface area contributed by atoms with Gasteiger partial charge in [0.2, 0.25) is 0 Å². The van der Waals surface area contributed by atoms with E-state index in [9.17, 15) is 4.79 Å². The number of aromatic nitrogens is 1. The van der Waals surface area contributed by atoms with Crippen molar-refractivity contribution in [3.05, 3.63) is 23.9 Å². The molecule has 0 unspecified atom stereocenters. The number of carbonyl (C=O) groups is 1. The summed E-state index contributed by atoms with van der Waals surface area (Å²) in [6.07, 6.45) is 1.67. The van der Waals surface area contributed by atoms with Gasteiger partial charge in [0, 0.05) is 18.8 Å². The quantitative estimate of drug-likeness (QED) is 0.789. The molecule has 0 saturated carbocycles. The molecule has 4 heteroatoms. The number of rotatable bonds is 4. The molecule has 0 aliphatic rings. The molecule has 0 saturated heterocycles. The maximum absolute atomic E-state index is 11.8. The first-order valence-electron chi connectivity index (χ1n) is 5.15. The summed E-state index contributed by atoms with van der Waals surface area (Å²) in [5, 5.41) is 5.90. The van der Waals surface area contributed by atoms with Gasteiger partial charge in [-0.3, -0.25) is 4.79 Å². The van der Waals surface area contributed by atoms with E-state index in [1.54, 1.807) is 18.3 Å². The molecule has 0 spiro atoms. The van der Waals surface area contributed by atoms with Crippen molar-refractivity contribution in [1.29, 1.82) is 0 Å². The molecule has 1 rings (SSSR count). The zero-order chi connectivity index (χ0) is 11.3. The molecule has 15 heavy (non-hydrogen) atoms. The molecular weight excluding hydrogens is 190 g/mol. The third-order valence-corrected chi connectivity index (χ3v) is 1.82. The number of amides is 1. The van der Waals surface area contributed by atoms with E-state index in [0.29, 0.717) is 11.4 Å². The smallest absolute Gasteiger partial charge is 0.255 e. The molecule has 1 amide bonds. The van der Waals surface area contributed by atoms with Crippen molar-refractivity contribution in [3.8, 4) is 0 Å². The molecule has 1 aromatic heterocycles. The highest BCUT2D eigenvalue weighted by Crippen LogP contribution is 2.10. The van der Waals surface area contributed by atoms with E-state index in [1.165, 1.54) is 0 Å². The summed E-state index contributed by atoms with van der Waals surface area (Å²) in [4.78, 5) is 15.9. The fourth-order valence-corrected chi connectivity index (χ4v) is 1.24. The second-order valence-corrected chi connectivity index (χ2v) is 3.56. The molecule has 0 aliphatic heterocycles. The van der Waals surface area contributed by atoms with Gasteiger partial charge in [-0.05, 0) is 32.9 Å². The zero-order valence-corrected chi connectivity index (χ0v) is 9.37. The molecule has 0 fully saturated rings. The Morgan fingerprint density at radius 3 is 2.87 bits per heavy atom. The fraction of sp³-hybridized carbons (Fsp3) is 0.455. The van der Waals surface area contributed by atoms with E-state index in [2.05, 4.69) is 15.6 Å². The van der Waals surface area contributed by atoms with Crippen molar-refractivity contribution >= 4 is 11.7 Å². The number of hydrogen-bond donors (Lipinski definition) is 2. The van der Waals surface area contributed by atoms with Gasteiger partial charge < -0.3 is 10.6 Å². The summed E-state index contributed by atoms with van der Waals surface area (Å²) in [5.74, 6) is 0.548. The van der Waals surface area contributed by atoms with Crippen molar-refractivity contribution < 1.29 is 4.79 Å². The number of hydrogen-bond acceptors (Lipinski definition) is 3. The van der Waals surface area contributed by atoms with E-state index < -0.39 is 0 Å². The molecule has 0 bridgehead atoms. The summed E-state index contributed by atoms with van der Waals surface area (Å²) < 4.78 is 0. The number of pyridine rings is 1. The first kappa shape index (κ1) is 11.5.